The Kier molecular flexibility index (Phi) is 2.04. The summed E-state index contributed by atoms with van der Waals surface area (Å²) >= 11 is 0. The largest absolute Gasteiger partial charge is 0.460 e. The van der Waals surface area contributed by atoms with Crippen LogP contribution >= 0.6 is 0 Å². The molecule has 1 aliphatic rings. The van der Waals surface area contributed by atoms with E-state index in [2.05, 4.69) is 16.9 Å². The van der Waals surface area contributed by atoms with Gasteiger partial charge in [-0.05, 0) is 25.7 Å². The molecule has 1 heterocycles. The number of aromatic nitrogens is 2. The molecule has 1 aliphatic carbocycles. The summed E-state index contributed by atoms with van der Waals surface area (Å²) in [6.07, 6.45) is 5.86. The number of hydrogen-bond acceptors (Lipinski definition) is 4. The summed E-state index contributed by atoms with van der Waals surface area (Å²) in [7, 11) is 0. The summed E-state index contributed by atoms with van der Waals surface area (Å²) in [5.74, 6) is 0.696. The predicted octanol–water partition coefficient (Wildman–Crippen LogP) is 1.24. The molecule has 1 aromatic rings. The van der Waals surface area contributed by atoms with Crippen molar-refractivity contribution in [3.8, 4) is 6.01 Å². The third-order valence-corrected chi connectivity index (χ3v) is 2.23. The van der Waals surface area contributed by atoms with Crippen molar-refractivity contribution in [2.75, 3.05) is 5.73 Å². The fourth-order valence-corrected chi connectivity index (χ4v) is 1.22. The van der Waals surface area contributed by atoms with Gasteiger partial charge in [-0.25, -0.2) is 9.97 Å². The SMILES string of the molecule is CC(Oc1ncc(N)cn1)C1CC1. The van der Waals surface area contributed by atoms with E-state index in [0.717, 1.165) is 0 Å². The molecule has 0 spiro atoms. The second-order valence-corrected chi connectivity index (χ2v) is 3.46. The number of hydrogen-bond donors (Lipinski definition) is 1. The van der Waals surface area contributed by atoms with E-state index in [-0.39, 0.29) is 6.10 Å². The van der Waals surface area contributed by atoms with Crippen molar-refractivity contribution < 1.29 is 4.74 Å². The molecule has 2 rings (SSSR count). The van der Waals surface area contributed by atoms with Gasteiger partial charge in [0.15, 0.2) is 0 Å². The van der Waals surface area contributed by atoms with Crippen LogP contribution in [0, 0.1) is 5.92 Å². The average Bonchev–Trinajstić information content (AvgIpc) is 2.91. The standard InChI is InChI=1S/C9H13N3O/c1-6(7-2-3-7)13-9-11-4-8(10)5-12-9/h4-7H,2-3,10H2,1H3. The number of anilines is 1. The number of nitrogens with zero attached hydrogens (tertiary/aromatic N) is 2. The Bertz CT molecular complexity index is 281. The van der Waals surface area contributed by atoms with Crippen LogP contribution in [-0.2, 0) is 0 Å². The monoisotopic (exact) mass is 179 g/mol. The highest BCUT2D eigenvalue weighted by Crippen LogP contribution is 2.33. The van der Waals surface area contributed by atoms with Crippen molar-refractivity contribution in [1.29, 1.82) is 0 Å². The lowest BCUT2D eigenvalue weighted by Gasteiger charge is -2.10. The molecule has 13 heavy (non-hydrogen) atoms. The van der Waals surface area contributed by atoms with Crippen molar-refractivity contribution in [3.63, 3.8) is 0 Å². The Morgan fingerprint density at radius 3 is 2.62 bits per heavy atom. The first kappa shape index (κ1) is 8.29. The Labute approximate surface area is 77.1 Å². The summed E-state index contributed by atoms with van der Waals surface area (Å²) < 4.78 is 5.52. The van der Waals surface area contributed by atoms with Crippen LogP contribution in [0.4, 0.5) is 5.69 Å². The summed E-state index contributed by atoms with van der Waals surface area (Å²) in [6.45, 7) is 2.05. The molecule has 2 N–H and O–H groups in total. The van der Waals surface area contributed by atoms with Gasteiger partial charge in [-0.3, -0.25) is 0 Å². The zero-order valence-corrected chi connectivity index (χ0v) is 7.60. The van der Waals surface area contributed by atoms with Crippen molar-refractivity contribution in [2.45, 2.75) is 25.9 Å². The third-order valence-electron chi connectivity index (χ3n) is 2.23. The fourth-order valence-electron chi connectivity index (χ4n) is 1.22. The van der Waals surface area contributed by atoms with E-state index < -0.39 is 0 Å². The van der Waals surface area contributed by atoms with Crippen LogP contribution in [0.25, 0.3) is 0 Å². The van der Waals surface area contributed by atoms with Gasteiger partial charge < -0.3 is 10.5 Å². The van der Waals surface area contributed by atoms with Gasteiger partial charge in [-0.2, -0.15) is 0 Å². The first-order chi connectivity index (χ1) is 6.25. The number of ether oxygens (including phenoxy) is 1. The second kappa shape index (κ2) is 3.20. The molecule has 1 atom stereocenters. The fraction of sp³-hybridized carbons (Fsp3) is 0.556. The smallest absolute Gasteiger partial charge is 0.316 e. The molecule has 0 saturated heterocycles. The van der Waals surface area contributed by atoms with Crippen LogP contribution in [0.3, 0.4) is 0 Å². The summed E-state index contributed by atoms with van der Waals surface area (Å²) in [6, 6.07) is 0.425. The minimum Gasteiger partial charge on any atom is -0.460 e. The van der Waals surface area contributed by atoms with E-state index in [1.54, 1.807) is 12.4 Å². The van der Waals surface area contributed by atoms with Gasteiger partial charge >= 0.3 is 6.01 Å². The van der Waals surface area contributed by atoms with Gasteiger partial charge in [0.25, 0.3) is 0 Å². The Balaban J connectivity index is 1.96. The van der Waals surface area contributed by atoms with Crippen LogP contribution in [0.2, 0.25) is 0 Å². The lowest BCUT2D eigenvalue weighted by Crippen LogP contribution is -2.15. The molecule has 0 bridgehead atoms. The van der Waals surface area contributed by atoms with E-state index in [9.17, 15) is 0 Å². The molecule has 1 fully saturated rings. The lowest BCUT2D eigenvalue weighted by molar-refractivity contribution is 0.181. The molecular weight excluding hydrogens is 166 g/mol. The molecule has 1 aromatic heterocycles. The Morgan fingerprint density at radius 2 is 2.08 bits per heavy atom. The maximum absolute atomic E-state index is 5.52. The van der Waals surface area contributed by atoms with Gasteiger partial charge in [-0.1, -0.05) is 0 Å². The molecule has 0 radical (unpaired) electrons. The summed E-state index contributed by atoms with van der Waals surface area (Å²) in [4.78, 5) is 7.94. The van der Waals surface area contributed by atoms with Crippen molar-refractivity contribution in [3.05, 3.63) is 12.4 Å². The quantitative estimate of drug-likeness (QED) is 0.758. The van der Waals surface area contributed by atoms with Crippen LogP contribution in [0.5, 0.6) is 6.01 Å². The number of nitrogen functional groups attached to an aromatic ring is 1. The maximum Gasteiger partial charge on any atom is 0.316 e. The van der Waals surface area contributed by atoms with Crippen molar-refractivity contribution in [1.82, 2.24) is 9.97 Å². The van der Waals surface area contributed by atoms with Crippen LogP contribution < -0.4 is 10.5 Å². The predicted molar refractivity (Wildman–Crippen MR) is 49.3 cm³/mol. The summed E-state index contributed by atoms with van der Waals surface area (Å²) in [5.41, 5.74) is 6.01. The molecule has 4 heteroatoms. The topological polar surface area (TPSA) is 61.0 Å². The summed E-state index contributed by atoms with van der Waals surface area (Å²) in [5, 5.41) is 0. The highest BCUT2D eigenvalue weighted by molar-refractivity contribution is 5.30. The zero-order chi connectivity index (χ0) is 9.26. The van der Waals surface area contributed by atoms with Gasteiger partial charge in [-0.15, -0.1) is 0 Å². The first-order valence-corrected chi connectivity index (χ1v) is 4.50. The molecule has 70 valence electrons. The van der Waals surface area contributed by atoms with Gasteiger partial charge in [0.1, 0.15) is 6.10 Å². The first-order valence-electron chi connectivity index (χ1n) is 4.50. The molecule has 0 aromatic carbocycles. The lowest BCUT2D eigenvalue weighted by atomic mass is 10.3. The highest BCUT2D eigenvalue weighted by atomic mass is 16.5. The molecule has 0 amide bonds. The molecule has 1 unspecified atom stereocenters. The normalized spacial score (nSPS) is 18.2. The molecule has 0 aliphatic heterocycles. The minimum atomic E-state index is 0.226. The van der Waals surface area contributed by atoms with Crippen LogP contribution in [-0.4, -0.2) is 16.1 Å². The van der Waals surface area contributed by atoms with Gasteiger partial charge in [0, 0.05) is 0 Å². The van der Waals surface area contributed by atoms with E-state index >= 15 is 0 Å². The van der Waals surface area contributed by atoms with Gasteiger partial charge in [0.2, 0.25) is 0 Å². The number of nitrogens with two attached hydrogens (primary N) is 1. The van der Waals surface area contributed by atoms with Crippen molar-refractivity contribution >= 4 is 5.69 Å². The second-order valence-electron chi connectivity index (χ2n) is 3.46. The average molecular weight is 179 g/mol. The van der Waals surface area contributed by atoms with Gasteiger partial charge in [0.05, 0.1) is 18.1 Å². The Hall–Kier alpha value is -1.32. The molecule has 1 saturated carbocycles. The molecule has 4 nitrogen and oxygen atoms in total. The molecular formula is C9H13N3O. The zero-order valence-electron chi connectivity index (χ0n) is 7.60. The van der Waals surface area contributed by atoms with E-state index in [4.69, 9.17) is 10.5 Å². The van der Waals surface area contributed by atoms with Crippen molar-refractivity contribution in [2.24, 2.45) is 5.92 Å². The Morgan fingerprint density at radius 1 is 1.46 bits per heavy atom. The number of rotatable bonds is 3. The minimum absolute atomic E-state index is 0.226. The highest BCUT2D eigenvalue weighted by Gasteiger charge is 2.29. The van der Waals surface area contributed by atoms with Crippen LogP contribution in [0.15, 0.2) is 12.4 Å². The van der Waals surface area contributed by atoms with E-state index in [0.29, 0.717) is 17.6 Å². The van der Waals surface area contributed by atoms with E-state index in [1.165, 1.54) is 12.8 Å². The third kappa shape index (κ3) is 2.08. The maximum atomic E-state index is 5.52. The van der Waals surface area contributed by atoms with E-state index in [1.807, 2.05) is 0 Å². The van der Waals surface area contributed by atoms with Crippen LogP contribution in [0.1, 0.15) is 19.8 Å².